The molecule has 0 saturated heterocycles. The zero-order valence-corrected chi connectivity index (χ0v) is 5.65. The minimum atomic E-state index is -1.05. The molecule has 0 amide bonds. The van der Waals surface area contributed by atoms with Crippen LogP contribution in [0.15, 0.2) is 12.2 Å². The number of rotatable bonds is 4. The van der Waals surface area contributed by atoms with Crippen molar-refractivity contribution < 1.29 is 20.0 Å². The van der Waals surface area contributed by atoms with E-state index in [-0.39, 0.29) is 0 Å². The first-order valence-electron chi connectivity index (χ1n) is 2.92. The molecular weight excluding hydrogens is 136 g/mol. The standard InChI is InChI=1S/C6H10O4/c1-2-5(10-9)3-4-6(7)8/h3-5,9H,2H2,1H3,(H,7,8)/b4-3+/t5-/m1/s1. The first kappa shape index (κ1) is 9.13. The van der Waals surface area contributed by atoms with Gasteiger partial charge in [-0.3, -0.25) is 5.26 Å². The maximum atomic E-state index is 9.91. The molecule has 2 N–H and O–H groups in total. The van der Waals surface area contributed by atoms with Crippen LogP contribution >= 0.6 is 0 Å². The molecule has 1 atom stereocenters. The molecule has 0 rings (SSSR count). The predicted octanol–water partition coefficient (Wildman–Crippen LogP) is 0.895. The van der Waals surface area contributed by atoms with E-state index in [4.69, 9.17) is 10.4 Å². The quantitative estimate of drug-likeness (QED) is 0.351. The molecule has 0 bridgehead atoms. The van der Waals surface area contributed by atoms with Crippen LogP contribution in [0, 0.1) is 0 Å². The summed E-state index contributed by atoms with van der Waals surface area (Å²) in [7, 11) is 0. The first-order valence-corrected chi connectivity index (χ1v) is 2.92. The Morgan fingerprint density at radius 2 is 2.40 bits per heavy atom. The van der Waals surface area contributed by atoms with Crippen molar-refractivity contribution in [2.45, 2.75) is 19.4 Å². The molecule has 0 heterocycles. The Balaban J connectivity index is 3.72. The third kappa shape index (κ3) is 4.05. The molecule has 0 aliphatic carbocycles. The van der Waals surface area contributed by atoms with Crippen LogP contribution in [-0.2, 0) is 9.68 Å². The second-order valence-corrected chi connectivity index (χ2v) is 1.75. The van der Waals surface area contributed by atoms with Crippen LogP contribution in [0.5, 0.6) is 0 Å². The van der Waals surface area contributed by atoms with E-state index >= 15 is 0 Å². The summed E-state index contributed by atoms with van der Waals surface area (Å²) in [6.07, 6.45) is 2.24. The smallest absolute Gasteiger partial charge is 0.328 e. The van der Waals surface area contributed by atoms with E-state index in [0.29, 0.717) is 6.42 Å². The van der Waals surface area contributed by atoms with Gasteiger partial charge in [0.2, 0.25) is 0 Å². The van der Waals surface area contributed by atoms with Crippen molar-refractivity contribution in [1.29, 1.82) is 0 Å². The number of hydrogen-bond donors (Lipinski definition) is 2. The molecule has 0 aromatic heterocycles. The van der Waals surface area contributed by atoms with Gasteiger partial charge in [0.05, 0.1) is 0 Å². The molecule has 0 aliphatic heterocycles. The molecule has 0 aliphatic rings. The Morgan fingerprint density at radius 3 is 2.70 bits per heavy atom. The van der Waals surface area contributed by atoms with Gasteiger partial charge in [-0.1, -0.05) is 6.92 Å². The van der Waals surface area contributed by atoms with Gasteiger partial charge < -0.3 is 5.11 Å². The molecule has 4 heteroatoms. The number of carboxylic acid groups (broad SMARTS) is 1. The SMILES string of the molecule is CC[C@H](/C=C/C(=O)O)OO. The summed E-state index contributed by atoms with van der Waals surface area (Å²) < 4.78 is 0. The lowest BCUT2D eigenvalue weighted by Gasteiger charge is -2.01. The maximum Gasteiger partial charge on any atom is 0.328 e. The number of hydrogen-bond acceptors (Lipinski definition) is 3. The van der Waals surface area contributed by atoms with Gasteiger partial charge in [-0.05, 0) is 12.5 Å². The lowest BCUT2D eigenvalue weighted by molar-refractivity contribution is -0.266. The Hall–Kier alpha value is -0.870. The summed E-state index contributed by atoms with van der Waals surface area (Å²) in [6, 6.07) is 0. The van der Waals surface area contributed by atoms with E-state index in [2.05, 4.69) is 4.89 Å². The van der Waals surface area contributed by atoms with E-state index in [0.717, 1.165) is 6.08 Å². The molecule has 4 nitrogen and oxygen atoms in total. The average Bonchev–Trinajstić information content (AvgIpc) is 1.90. The van der Waals surface area contributed by atoms with E-state index in [1.54, 1.807) is 6.92 Å². The Labute approximate surface area is 58.7 Å². The fraction of sp³-hybridized carbons (Fsp3) is 0.500. The fourth-order valence-corrected chi connectivity index (χ4v) is 0.435. The van der Waals surface area contributed by atoms with Gasteiger partial charge in [0.25, 0.3) is 0 Å². The van der Waals surface area contributed by atoms with Crippen molar-refractivity contribution in [1.82, 2.24) is 0 Å². The Bertz CT molecular complexity index is 126. The van der Waals surface area contributed by atoms with Gasteiger partial charge in [0.1, 0.15) is 6.10 Å². The first-order chi connectivity index (χ1) is 4.70. The van der Waals surface area contributed by atoms with Gasteiger partial charge in [-0.2, -0.15) is 0 Å². The summed E-state index contributed by atoms with van der Waals surface area (Å²) in [6.45, 7) is 1.77. The van der Waals surface area contributed by atoms with Gasteiger partial charge in [0.15, 0.2) is 0 Å². The fourth-order valence-electron chi connectivity index (χ4n) is 0.435. The van der Waals surface area contributed by atoms with E-state index < -0.39 is 12.1 Å². The summed E-state index contributed by atoms with van der Waals surface area (Å²) in [4.78, 5) is 13.8. The zero-order valence-electron chi connectivity index (χ0n) is 5.65. The van der Waals surface area contributed by atoms with Crippen molar-refractivity contribution >= 4 is 5.97 Å². The van der Waals surface area contributed by atoms with E-state index in [1.165, 1.54) is 6.08 Å². The molecule has 0 fully saturated rings. The summed E-state index contributed by atoms with van der Waals surface area (Å²) in [5.41, 5.74) is 0. The van der Waals surface area contributed by atoms with Gasteiger partial charge in [-0.25, -0.2) is 9.68 Å². The number of carboxylic acids is 1. The highest BCUT2D eigenvalue weighted by Gasteiger charge is 1.99. The third-order valence-electron chi connectivity index (χ3n) is 0.991. The highest BCUT2D eigenvalue weighted by molar-refractivity contribution is 5.79. The van der Waals surface area contributed by atoms with Crippen molar-refractivity contribution in [2.75, 3.05) is 0 Å². The molecule has 0 radical (unpaired) electrons. The minimum absolute atomic E-state index is 0.518. The second-order valence-electron chi connectivity index (χ2n) is 1.75. The molecule has 0 aromatic carbocycles. The number of aliphatic carboxylic acids is 1. The monoisotopic (exact) mass is 146 g/mol. The molecule has 0 unspecified atom stereocenters. The third-order valence-corrected chi connectivity index (χ3v) is 0.991. The van der Waals surface area contributed by atoms with Gasteiger partial charge >= 0.3 is 5.97 Å². The molecule has 10 heavy (non-hydrogen) atoms. The van der Waals surface area contributed by atoms with Gasteiger partial charge in [-0.15, -0.1) is 0 Å². The van der Waals surface area contributed by atoms with Crippen LogP contribution in [0.4, 0.5) is 0 Å². The largest absolute Gasteiger partial charge is 0.478 e. The van der Waals surface area contributed by atoms with E-state index in [9.17, 15) is 4.79 Å². The van der Waals surface area contributed by atoms with Crippen LogP contribution < -0.4 is 0 Å². The van der Waals surface area contributed by atoms with Crippen LogP contribution in [0.1, 0.15) is 13.3 Å². The molecule has 0 spiro atoms. The second kappa shape index (κ2) is 4.96. The van der Waals surface area contributed by atoms with Crippen molar-refractivity contribution in [3.05, 3.63) is 12.2 Å². The zero-order chi connectivity index (χ0) is 7.98. The predicted molar refractivity (Wildman–Crippen MR) is 34.6 cm³/mol. The van der Waals surface area contributed by atoms with Crippen molar-refractivity contribution in [2.24, 2.45) is 0 Å². The van der Waals surface area contributed by atoms with Crippen LogP contribution in [0.2, 0.25) is 0 Å². The Kier molecular flexibility index (Phi) is 4.53. The van der Waals surface area contributed by atoms with E-state index in [1.807, 2.05) is 0 Å². The van der Waals surface area contributed by atoms with Crippen molar-refractivity contribution in [3.8, 4) is 0 Å². The minimum Gasteiger partial charge on any atom is -0.478 e. The van der Waals surface area contributed by atoms with Crippen LogP contribution in [0.3, 0.4) is 0 Å². The normalized spacial score (nSPS) is 13.8. The maximum absolute atomic E-state index is 9.91. The topological polar surface area (TPSA) is 66.8 Å². The lowest BCUT2D eigenvalue weighted by atomic mass is 10.2. The highest BCUT2D eigenvalue weighted by Crippen LogP contribution is 1.96. The molecule has 0 saturated carbocycles. The van der Waals surface area contributed by atoms with Gasteiger partial charge in [0, 0.05) is 6.08 Å². The number of carbonyl (C=O) groups is 1. The highest BCUT2D eigenvalue weighted by atomic mass is 17.1. The molecule has 58 valence electrons. The van der Waals surface area contributed by atoms with Crippen LogP contribution in [-0.4, -0.2) is 22.4 Å². The lowest BCUT2D eigenvalue weighted by Crippen LogP contribution is -2.05. The molecule has 0 aromatic rings. The van der Waals surface area contributed by atoms with Crippen LogP contribution in [0.25, 0.3) is 0 Å². The molecular formula is C6H10O4. The average molecular weight is 146 g/mol. The summed E-state index contributed by atoms with van der Waals surface area (Å²) in [5, 5.41) is 16.2. The Morgan fingerprint density at radius 1 is 1.80 bits per heavy atom. The van der Waals surface area contributed by atoms with Crippen molar-refractivity contribution in [3.63, 3.8) is 0 Å². The summed E-state index contributed by atoms with van der Waals surface area (Å²) >= 11 is 0. The summed E-state index contributed by atoms with van der Waals surface area (Å²) in [5.74, 6) is -1.05.